The Balaban J connectivity index is 0.00000162. The van der Waals surface area contributed by atoms with Crippen molar-refractivity contribution in [2.75, 3.05) is 6.54 Å². The second-order valence-electron chi connectivity index (χ2n) is 3.90. The van der Waals surface area contributed by atoms with Crippen molar-refractivity contribution in [3.8, 4) is 0 Å². The Morgan fingerprint density at radius 1 is 1.37 bits per heavy atom. The summed E-state index contributed by atoms with van der Waals surface area (Å²) in [5.41, 5.74) is 7.28. The minimum atomic E-state index is 0. The van der Waals surface area contributed by atoms with Crippen LogP contribution >= 0.6 is 24.8 Å². The van der Waals surface area contributed by atoms with E-state index in [4.69, 9.17) is 5.73 Å². The summed E-state index contributed by atoms with van der Waals surface area (Å²) in [5.74, 6) is 0.0404. The molecule has 2 heterocycles. The third-order valence-corrected chi connectivity index (χ3v) is 2.56. The standard InChI is InChI=1S/C12H16N4O.2ClH/c13-4-1-2-12(17)15-9-10-3-6-16-7-5-14-11(16)8-10;;/h3,5-8H,1-2,4,9,13H2,(H,15,17);2*1H. The molecule has 0 spiro atoms. The normalized spacial score (nSPS) is 9.53. The molecule has 0 aliphatic carbocycles. The second kappa shape index (κ2) is 8.74. The molecular formula is C12H18Cl2N4O. The Bertz CT molecular complexity index is 515. The predicted octanol–water partition coefficient (Wildman–Crippen LogP) is 1.53. The highest BCUT2D eigenvalue weighted by atomic mass is 35.5. The largest absolute Gasteiger partial charge is 0.352 e. The van der Waals surface area contributed by atoms with Gasteiger partial charge in [0, 0.05) is 31.6 Å². The van der Waals surface area contributed by atoms with Gasteiger partial charge in [0.05, 0.1) is 0 Å². The third-order valence-electron chi connectivity index (χ3n) is 2.56. The van der Waals surface area contributed by atoms with Crippen molar-refractivity contribution in [1.82, 2.24) is 14.7 Å². The lowest BCUT2D eigenvalue weighted by Crippen LogP contribution is -2.23. The first-order valence-electron chi connectivity index (χ1n) is 5.68. The molecule has 1 amide bonds. The molecule has 19 heavy (non-hydrogen) atoms. The SMILES string of the molecule is Cl.Cl.NCCCC(=O)NCc1ccn2ccnc2c1. The summed E-state index contributed by atoms with van der Waals surface area (Å²) in [6.07, 6.45) is 6.79. The maximum Gasteiger partial charge on any atom is 0.220 e. The fourth-order valence-electron chi connectivity index (χ4n) is 1.61. The van der Waals surface area contributed by atoms with Crippen molar-refractivity contribution >= 4 is 36.4 Å². The number of carbonyl (C=O) groups is 1. The van der Waals surface area contributed by atoms with Gasteiger partial charge in [-0.05, 0) is 30.7 Å². The second-order valence-corrected chi connectivity index (χ2v) is 3.90. The minimum absolute atomic E-state index is 0. The molecule has 0 aliphatic rings. The Morgan fingerprint density at radius 3 is 2.89 bits per heavy atom. The van der Waals surface area contributed by atoms with Crippen LogP contribution in [0.4, 0.5) is 0 Å². The van der Waals surface area contributed by atoms with Crippen molar-refractivity contribution < 1.29 is 4.79 Å². The lowest BCUT2D eigenvalue weighted by atomic mass is 10.2. The number of imidazole rings is 1. The maximum atomic E-state index is 11.4. The molecule has 3 N–H and O–H groups in total. The molecule has 2 aromatic rings. The molecule has 0 atom stereocenters. The van der Waals surface area contributed by atoms with Crippen LogP contribution in [0.15, 0.2) is 30.7 Å². The first kappa shape index (κ1) is 17.7. The fourth-order valence-corrected chi connectivity index (χ4v) is 1.61. The van der Waals surface area contributed by atoms with Crippen LogP contribution in [0.3, 0.4) is 0 Å². The molecule has 0 radical (unpaired) electrons. The Kier molecular flexibility index (Phi) is 8.14. The molecule has 0 fully saturated rings. The molecule has 2 rings (SSSR count). The molecule has 5 nitrogen and oxygen atoms in total. The number of aromatic nitrogens is 2. The van der Waals surface area contributed by atoms with Crippen LogP contribution in [0.5, 0.6) is 0 Å². The van der Waals surface area contributed by atoms with Gasteiger partial charge in [0.15, 0.2) is 0 Å². The van der Waals surface area contributed by atoms with Crippen molar-refractivity contribution in [1.29, 1.82) is 0 Å². The highest BCUT2D eigenvalue weighted by Gasteiger charge is 2.01. The topological polar surface area (TPSA) is 72.4 Å². The van der Waals surface area contributed by atoms with Gasteiger partial charge in [0.25, 0.3) is 0 Å². The van der Waals surface area contributed by atoms with Crippen LogP contribution in [0.1, 0.15) is 18.4 Å². The number of hydrogen-bond donors (Lipinski definition) is 2. The summed E-state index contributed by atoms with van der Waals surface area (Å²) in [5, 5.41) is 2.86. The molecule has 0 saturated carbocycles. The van der Waals surface area contributed by atoms with E-state index in [0.29, 0.717) is 19.5 Å². The number of nitrogens with zero attached hydrogens (tertiary/aromatic N) is 2. The van der Waals surface area contributed by atoms with E-state index in [9.17, 15) is 4.79 Å². The van der Waals surface area contributed by atoms with Crippen LogP contribution < -0.4 is 11.1 Å². The number of rotatable bonds is 5. The van der Waals surface area contributed by atoms with Crippen molar-refractivity contribution in [3.05, 3.63) is 36.3 Å². The molecule has 0 saturated heterocycles. The van der Waals surface area contributed by atoms with Crippen LogP contribution in [-0.2, 0) is 11.3 Å². The van der Waals surface area contributed by atoms with Crippen molar-refractivity contribution in [3.63, 3.8) is 0 Å². The Hall–Kier alpha value is -1.30. The number of hydrogen-bond acceptors (Lipinski definition) is 3. The Morgan fingerprint density at radius 2 is 2.16 bits per heavy atom. The Labute approximate surface area is 124 Å². The van der Waals surface area contributed by atoms with Crippen molar-refractivity contribution in [2.24, 2.45) is 5.73 Å². The first-order chi connectivity index (χ1) is 8.29. The number of nitrogens with two attached hydrogens (primary N) is 1. The molecule has 106 valence electrons. The summed E-state index contributed by atoms with van der Waals surface area (Å²) in [6.45, 7) is 1.08. The number of carbonyl (C=O) groups excluding carboxylic acids is 1. The molecular weight excluding hydrogens is 287 g/mol. The van der Waals surface area contributed by atoms with E-state index in [1.165, 1.54) is 0 Å². The number of amides is 1. The summed E-state index contributed by atoms with van der Waals surface area (Å²) >= 11 is 0. The van der Waals surface area contributed by atoms with Gasteiger partial charge in [-0.1, -0.05) is 0 Å². The monoisotopic (exact) mass is 304 g/mol. The highest BCUT2D eigenvalue weighted by Crippen LogP contribution is 2.05. The van der Waals surface area contributed by atoms with Crippen LogP contribution in [-0.4, -0.2) is 21.8 Å². The summed E-state index contributed by atoms with van der Waals surface area (Å²) in [6, 6.07) is 3.93. The zero-order valence-corrected chi connectivity index (χ0v) is 12.0. The van der Waals surface area contributed by atoms with E-state index in [0.717, 1.165) is 17.6 Å². The molecule has 0 bridgehead atoms. The van der Waals surface area contributed by atoms with Gasteiger partial charge in [0.2, 0.25) is 5.91 Å². The average Bonchev–Trinajstić information content (AvgIpc) is 2.81. The number of halogens is 2. The highest BCUT2D eigenvalue weighted by molar-refractivity contribution is 5.85. The van der Waals surface area contributed by atoms with E-state index in [-0.39, 0.29) is 30.7 Å². The molecule has 2 aromatic heterocycles. The lowest BCUT2D eigenvalue weighted by Gasteiger charge is -2.05. The summed E-state index contributed by atoms with van der Waals surface area (Å²) in [7, 11) is 0. The van der Waals surface area contributed by atoms with Crippen LogP contribution in [0.25, 0.3) is 5.65 Å². The van der Waals surface area contributed by atoms with E-state index < -0.39 is 0 Å². The van der Waals surface area contributed by atoms with Gasteiger partial charge >= 0.3 is 0 Å². The van der Waals surface area contributed by atoms with Crippen LogP contribution in [0, 0.1) is 0 Å². The predicted molar refractivity (Wildman–Crippen MR) is 79.8 cm³/mol. The van der Waals surface area contributed by atoms with Gasteiger partial charge in [-0.25, -0.2) is 4.98 Å². The average molecular weight is 305 g/mol. The lowest BCUT2D eigenvalue weighted by molar-refractivity contribution is -0.121. The number of fused-ring (bicyclic) bond motifs is 1. The van der Waals surface area contributed by atoms with E-state index in [1.54, 1.807) is 6.20 Å². The minimum Gasteiger partial charge on any atom is -0.352 e. The van der Waals surface area contributed by atoms with E-state index >= 15 is 0 Å². The van der Waals surface area contributed by atoms with Gasteiger partial charge in [-0.3, -0.25) is 4.79 Å². The van der Waals surface area contributed by atoms with E-state index in [1.807, 2.05) is 28.9 Å². The van der Waals surface area contributed by atoms with Gasteiger partial charge in [-0.2, -0.15) is 0 Å². The zero-order valence-electron chi connectivity index (χ0n) is 10.4. The molecule has 7 heteroatoms. The fraction of sp³-hybridized carbons (Fsp3) is 0.333. The van der Waals surface area contributed by atoms with Gasteiger partial charge in [0.1, 0.15) is 5.65 Å². The van der Waals surface area contributed by atoms with E-state index in [2.05, 4.69) is 10.3 Å². The zero-order chi connectivity index (χ0) is 12.1. The molecule has 0 unspecified atom stereocenters. The maximum absolute atomic E-state index is 11.4. The molecule has 0 aromatic carbocycles. The summed E-state index contributed by atoms with van der Waals surface area (Å²) in [4.78, 5) is 15.6. The third kappa shape index (κ3) is 5.06. The van der Waals surface area contributed by atoms with Crippen molar-refractivity contribution in [2.45, 2.75) is 19.4 Å². The molecule has 0 aliphatic heterocycles. The summed E-state index contributed by atoms with van der Waals surface area (Å²) < 4.78 is 1.93. The first-order valence-corrected chi connectivity index (χ1v) is 5.68. The quantitative estimate of drug-likeness (QED) is 0.880. The van der Waals surface area contributed by atoms with Crippen LogP contribution in [0.2, 0.25) is 0 Å². The van der Waals surface area contributed by atoms with Gasteiger partial charge < -0.3 is 15.5 Å². The smallest absolute Gasteiger partial charge is 0.220 e. The number of nitrogens with one attached hydrogen (secondary N) is 1. The number of pyridine rings is 1. The van der Waals surface area contributed by atoms with Gasteiger partial charge in [-0.15, -0.1) is 24.8 Å².